The average Bonchev–Trinajstić information content (AvgIpc) is 2.48. The van der Waals surface area contributed by atoms with E-state index in [2.05, 4.69) is 30.8 Å². The van der Waals surface area contributed by atoms with Crippen LogP contribution in [0.5, 0.6) is 0 Å². The van der Waals surface area contributed by atoms with Gasteiger partial charge in [-0.1, -0.05) is 13.3 Å². The topological polar surface area (TPSA) is 15.7 Å². The van der Waals surface area contributed by atoms with Crippen LogP contribution in [0.15, 0.2) is 0 Å². The molecule has 0 saturated carbocycles. The van der Waals surface area contributed by atoms with Crippen molar-refractivity contribution in [3.63, 3.8) is 0 Å². The number of hydrogen-bond donors (Lipinski definition) is 0. The molecule has 1 fully saturated rings. The second kappa shape index (κ2) is 4.80. The minimum absolute atomic E-state index is 0.219. The molecule has 1 saturated heterocycles. The Labute approximate surface area is 75.3 Å². The van der Waals surface area contributed by atoms with Crippen LogP contribution in [-0.4, -0.2) is 49.9 Å². The first kappa shape index (κ1) is 9.96. The van der Waals surface area contributed by atoms with Crippen molar-refractivity contribution in [1.82, 2.24) is 9.80 Å². The third-order valence-electron chi connectivity index (χ3n) is 2.20. The van der Waals surface area contributed by atoms with Crippen molar-refractivity contribution in [1.29, 1.82) is 0 Å². The molecule has 3 nitrogen and oxygen atoms in total. The smallest absolute Gasteiger partial charge is 0.168 e. The van der Waals surface area contributed by atoms with Crippen LogP contribution >= 0.6 is 0 Å². The lowest BCUT2D eigenvalue weighted by molar-refractivity contribution is -0.0660. The largest absolute Gasteiger partial charge is 0.348 e. The standard InChI is InChI=1S/C9H20N2O/c1-4-5-6-11-7-8-12-9(11)10(2)3/h9H,4-8H2,1-3H3. The molecule has 72 valence electrons. The molecule has 1 unspecified atom stereocenters. The molecule has 0 aromatic rings. The Morgan fingerprint density at radius 2 is 2.25 bits per heavy atom. The second-order valence-electron chi connectivity index (χ2n) is 3.55. The summed E-state index contributed by atoms with van der Waals surface area (Å²) in [5.41, 5.74) is 0. The monoisotopic (exact) mass is 172 g/mol. The Balaban J connectivity index is 2.30. The highest BCUT2D eigenvalue weighted by Crippen LogP contribution is 2.12. The van der Waals surface area contributed by atoms with Gasteiger partial charge in [-0.25, -0.2) is 0 Å². The molecule has 0 aromatic carbocycles. The molecule has 0 aliphatic carbocycles. The number of hydrogen-bond acceptors (Lipinski definition) is 3. The summed E-state index contributed by atoms with van der Waals surface area (Å²) in [7, 11) is 4.13. The zero-order valence-electron chi connectivity index (χ0n) is 8.42. The van der Waals surface area contributed by atoms with E-state index in [9.17, 15) is 0 Å². The summed E-state index contributed by atoms with van der Waals surface area (Å²) in [6.07, 6.45) is 2.75. The van der Waals surface area contributed by atoms with E-state index in [-0.39, 0.29) is 6.35 Å². The number of nitrogens with zero attached hydrogens (tertiary/aromatic N) is 2. The molecule has 0 radical (unpaired) electrons. The lowest BCUT2D eigenvalue weighted by Crippen LogP contribution is -2.41. The van der Waals surface area contributed by atoms with Gasteiger partial charge in [-0.15, -0.1) is 0 Å². The van der Waals surface area contributed by atoms with Crippen molar-refractivity contribution < 1.29 is 4.74 Å². The summed E-state index contributed by atoms with van der Waals surface area (Å²) in [5.74, 6) is 0. The maximum atomic E-state index is 5.58. The van der Waals surface area contributed by atoms with Crippen LogP contribution in [0.1, 0.15) is 19.8 Å². The molecule has 1 heterocycles. The molecule has 1 aliphatic heterocycles. The maximum absolute atomic E-state index is 5.58. The highest BCUT2D eigenvalue weighted by atomic mass is 16.5. The van der Waals surface area contributed by atoms with Crippen LogP contribution in [0.25, 0.3) is 0 Å². The van der Waals surface area contributed by atoms with Gasteiger partial charge in [0.25, 0.3) is 0 Å². The maximum Gasteiger partial charge on any atom is 0.168 e. The Morgan fingerprint density at radius 3 is 2.83 bits per heavy atom. The van der Waals surface area contributed by atoms with Gasteiger partial charge < -0.3 is 4.74 Å². The molecule has 1 rings (SSSR count). The van der Waals surface area contributed by atoms with Crippen molar-refractivity contribution >= 4 is 0 Å². The number of unbranched alkanes of at least 4 members (excludes halogenated alkanes) is 1. The van der Waals surface area contributed by atoms with Gasteiger partial charge >= 0.3 is 0 Å². The van der Waals surface area contributed by atoms with Crippen molar-refractivity contribution in [2.45, 2.75) is 26.1 Å². The van der Waals surface area contributed by atoms with Crippen molar-refractivity contribution in [2.24, 2.45) is 0 Å². The Kier molecular flexibility index (Phi) is 3.98. The van der Waals surface area contributed by atoms with Crippen LogP contribution in [0.3, 0.4) is 0 Å². The predicted molar refractivity (Wildman–Crippen MR) is 49.9 cm³/mol. The third-order valence-corrected chi connectivity index (χ3v) is 2.20. The van der Waals surface area contributed by atoms with Crippen LogP contribution in [0.4, 0.5) is 0 Å². The molecule has 0 bridgehead atoms. The molecule has 12 heavy (non-hydrogen) atoms. The van der Waals surface area contributed by atoms with E-state index >= 15 is 0 Å². The van der Waals surface area contributed by atoms with E-state index < -0.39 is 0 Å². The lowest BCUT2D eigenvalue weighted by atomic mass is 10.3. The van der Waals surface area contributed by atoms with Gasteiger partial charge in [-0.2, -0.15) is 0 Å². The zero-order valence-corrected chi connectivity index (χ0v) is 8.42. The number of rotatable bonds is 4. The van der Waals surface area contributed by atoms with E-state index in [1.165, 1.54) is 19.4 Å². The predicted octanol–water partition coefficient (Wildman–Crippen LogP) is 0.964. The van der Waals surface area contributed by atoms with Gasteiger partial charge in [0.1, 0.15) is 0 Å². The van der Waals surface area contributed by atoms with Crippen molar-refractivity contribution in [2.75, 3.05) is 33.8 Å². The van der Waals surface area contributed by atoms with E-state index in [1.54, 1.807) is 0 Å². The molecule has 1 atom stereocenters. The first-order chi connectivity index (χ1) is 5.75. The fourth-order valence-electron chi connectivity index (χ4n) is 1.55. The Bertz CT molecular complexity index is 128. The quantitative estimate of drug-likeness (QED) is 0.628. The minimum Gasteiger partial charge on any atom is -0.348 e. The molecule has 0 N–H and O–H groups in total. The first-order valence-electron chi connectivity index (χ1n) is 4.77. The molecular weight excluding hydrogens is 152 g/mol. The summed E-state index contributed by atoms with van der Waals surface area (Å²) in [6, 6.07) is 0. The third kappa shape index (κ3) is 2.44. The number of ether oxygens (including phenoxy) is 1. The summed E-state index contributed by atoms with van der Waals surface area (Å²) >= 11 is 0. The van der Waals surface area contributed by atoms with Gasteiger partial charge in [0, 0.05) is 13.1 Å². The zero-order chi connectivity index (χ0) is 8.97. The van der Waals surface area contributed by atoms with E-state index in [1.807, 2.05) is 0 Å². The molecular formula is C9H20N2O. The molecule has 0 amide bonds. The van der Waals surface area contributed by atoms with Crippen LogP contribution in [0.2, 0.25) is 0 Å². The fraction of sp³-hybridized carbons (Fsp3) is 1.00. The lowest BCUT2D eigenvalue weighted by Gasteiger charge is -2.27. The highest BCUT2D eigenvalue weighted by Gasteiger charge is 2.25. The highest BCUT2D eigenvalue weighted by molar-refractivity contribution is 4.67. The van der Waals surface area contributed by atoms with Crippen LogP contribution in [0, 0.1) is 0 Å². The second-order valence-corrected chi connectivity index (χ2v) is 3.55. The van der Waals surface area contributed by atoms with Gasteiger partial charge in [0.05, 0.1) is 6.61 Å². The van der Waals surface area contributed by atoms with Crippen molar-refractivity contribution in [3.8, 4) is 0 Å². The summed E-state index contributed by atoms with van der Waals surface area (Å²) < 4.78 is 5.58. The van der Waals surface area contributed by atoms with Gasteiger partial charge in [-0.05, 0) is 20.5 Å². The van der Waals surface area contributed by atoms with Crippen LogP contribution in [-0.2, 0) is 4.74 Å². The van der Waals surface area contributed by atoms with E-state index in [4.69, 9.17) is 4.74 Å². The Hall–Kier alpha value is -0.120. The molecule has 1 aliphatic rings. The van der Waals surface area contributed by atoms with Gasteiger partial charge in [-0.3, -0.25) is 9.80 Å². The molecule has 0 aromatic heterocycles. The summed E-state index contributed by atoms with van der Waals surface area (Å²) in [5, 5.41) is 0. The van der Waals surface area contributed by atoms with Gasteiger partial charge in [0.15, 0.2) is 6.35 Å². The molecule has 0 spiro atoms. The minimum atomic E-state index is 0.219. The molecule has 3 heteroatoms. The Morgan fingerprint density at radius 1 is 1.50 bits per heavy atom. The average molecular weight is 172 g/mol. The fourth-order valence-corrected chi connectivity index (χ4v) is 1.55. The van der Waals surface area contributed by atoms with Gasteiger partial charge in [0.2, 0.25) is 0 Å². The van der Waals surface area contributed by atoms with Crippen LogP contribution < -0.4 is 0 Å². The summed E-state index contributed by atoms with van der Waals surface area (Å²) in [6.45, 7) is 5.36. The first-order valence-corrected chi connectivity index (χ1v) is 4.77. The summed E-state index contributed by atoms with van der Waals surface area (Å²) in [4.78, 5) is 4.52. The SMILES string of the molecule is CCCCN1CCOC1N(C)C. The van der Waals surface area contributed by atoms with E-state index in [0.717, 1.165) is 13.2 Å². The van der Waals surface area contributed by atoms with E-state index in [0.29, 0.717) is 0 Å². The van der Waals surface area contributed by atoms with Crippen molar-refractivity contribution in [3.05, 3.63) is 0 Å². The normalized spacial score (nSPS) is 25.5.